The summed E-state index contributed by atoms with van der Waals surface area (Å²) < 4.78 is 1.85. The van der Waals surface area contributed by atoms with E-state index in [1.165, 1.54) is 0 Å². The van der Waals surface area contributed by atoms with Crippen molar-refractivity contribution in [3.63, 3.8) is 0 Å². The summed E-state index contributed by atoms with van der Waals surface area (Å²) in [5, 5.41) is 7.44. The third-order valence-electron chi connectivity index (χ3n) is 2.70. The Morgan fingerprint density at radius 1 is 1.75 bits per heavy atom. The van der Waals surface area contributed by atoms with Gasteiger partial charge in [-0.25, -0.2) is 0 Å². The molecule has 1 aromatic rings. The highest BCUT2D eigenvalue weighted by molar-refractivity contribution is 5.81. The molecule has 2 rings (SSSR count). The molecule has 0 bridgehead atoms. The van der Waals surface area contributed by atoms with Crippen LogP contribution in [0.15, 0.2) is 12.4 Å². The molecule has 5 nitrogen and oxygen atoms in total. The van der Waals surface area contributed by atoms with Crippen LogP contribution in [0.25, 0.3) is 0 Å². The van der Waals surface area contributed by atoms with Crippen molar-refractivity contribution in [1.82, 2.24) is 15.1 Å². The average molecular weight is 222 g/mol. The molecule has 16 heavy (non-hydrogen) atoms. The molecule has 1 amide bonds. The second-order valence-electron chi connectivity index (χ2n) is 4.31. The highest BCUT2D eigenvalue weighted by Gasteiger charge is 2.28. The standard InChI is InChI=1S/C11H18N4O/c1-2-5-15-7-8(6-13-15)10(11(12)16)14-9-3-4-9/h6-7,9-10,14H,2-5H2,1H3,(H2,12,16). The molecule has 3 N–H and O–H groups in total. The normalized spacial score (nSPS) is 17.3. The summed E-state index contributed by atoms with van der Waals surface area (Å²) in [4.78, 5) is 11.4. The van der Waals surface area contributed by atoms with E-state index in [-0.39, 0.29) is 5.91 Å². The number of nitrogens with one attached hydrogen (secondary N) is 1. The van der Waals surface area contributed by atoms with Gasteiger partial charge in [0.2, 0.25) is 5.91 Å². The summed E-state index contributed by atoms with van der Waals surface area (Å²) >= 11 is 0. The molecule has 0 aromatic carbocycles. The van der Waals surface area contributed by atoms with Gasteiger partial charge in [0.1, 0.15) is 6.04 Å². The van der Waals surface area contributed by atoms with Gasteiger partial charge in [-0.2, -0.15) is 5.10 Å². The number of aryl methyl sites for hydroxylation is 1. The Morgan fingerprint density at radius 3 is 3.06 bits per heavy atom. The fraction of sp³-hybridized carbons (Fsp3) is 0.636. The number of amides is 1. The molecule has 1 aromatic heterocycles. The van der Waals surface area contributed by atoms with Gasteiger partial charge in [-0.15, -0.1) is 0 Å². The van der Waals surface area contributed by atoms with E-state index in [9.17, 15) is 4.79 Å². The van der Waals surface area contributed by atoms with Crippen molar-refractivity contribution in [2.75, 3.05) is 0 Å². The van der Waals surface area contributed by atoms with Gasteiger partial charge in [-0.1, -0.05) is 6.92 Å². The third kappa shape index (κ3) is 2.61. The van der Waals surface area contributed by atoms with Gasteiger partial charge in [0, 0.05) is 24.3 Å². The molecule has 1 fully saturated rings. The number of rotatable bonds is 6. The molecular weight excluding hydrogens is 204 g/mol. The minimum Gasteiger partial charge on any atom is -0.368 e. The highest BCUT2D eigenvalue weighted by Crippen LogP contribution is 2.23. The fourth-order valence-corrected chi connectivity index (χ4v) is 1.71. The molecule has 1 saturated carbocycles. The number of carbonyl (C=O) groups is 1. The van der Waals surface area contributed by atoms with Crippen LogP contribution in [-0.4, -0.2) is 21.7 Å². The predicted octanol–water partition coefficient (Wildman–Crippen LogP) is 0.571. The summed E-state index contributed by atoms with van der Waals surface area (Å²) in [7, 11) is 0. The predicted molar refractivity (Wildman–Crippen MR) is 60.6 cm³/mol. The Hall–Kier alpha value is -1.36. The first-order valence-corrected chi connectivity index (χ1v) is 5.78. The Balaban J connectivity index is 2.07. The second kappa shape index (κ2) is 4.65. The number of hydrogen-bond acceptors (Lipinski definition) is 3. The Bertz CT molecular complexity index is 370. The van der Waals surface area contributed by atoms with Gasteiger partial charge in [0.25, 0.3) is 0 Å². The van der Waals surface area contributed by atoms with Crippen LogP contribution in [0, 0.1) is 0 Å². The summed E-state index contributed by atoms with van der Waals surface area (Å²) in [6.07, 6.45) is 6.91. The number of nitrogens with two attached hydrogens (primary N) is 1. The number of carbonyl (C=O) groups excluding carboxylic acids is 1. The van der Waals surface area contributed by atoms with E-state index in [2.05, 4.69) is 17.3 Å². The molecule has 0 spiro atoms. The van der Waals surface area contributed by atoms with Crippen LogP contribution in [0.5, 0.6) is 0 Å². The smallest absolute Gasteiger partial charge is 0.239 e. The minimum atomic E-state index is -0.391. The fourth-order valence-electron chi connectivity index (χ4n) is 1.71. The lowest BCUT2D eigenvalue weighted by Crippen LogP contribution is -2.34. The van der Waals surface area contributed by atoms with E-state index in [1.54, 1.807) is 6.20 Å². The maximum Gasteiger partial charge on any atom is 0.239 e. The van der Waals surface area contributed by atoms with E-state index in [4.69, 9.17) is 5.73 Å². The molecule has 0 saturated heterocycles. The monoisotopic (exact) mass is 222 g/mol. The zero-order valence-corrected chi connectivity index (χ0v) is 9.52. The zero-order chi connectivity index (χ0) is 11.5. The highest BCUT2D eigenvalue weighted by atomic mass is 16.1. The molecule has 0 radical (unpaired) electrons. The number of primary amides is 1. The lowest BCUT2D eigenvalue weighted by molar-refractivity contribution is -0.120. The summed E-state index contributed by atoms with van der Waals surface area (Å²) in [5.41, 5.74) is 6.26. The van der Waals surface area contributed by atoms with Crippen molar-refractivity contribution in [3.05, 3.63) is 18.0 Å². The average Bonchev–Trinajstić information content (AvgIpc) is 2.95. The van der Waals surface area contributed by atoms with Crippen molar-refractivity contribution in [2.24, 2.45) is 5.73 Å². The number of nitrogens with zero attached hydrogens (tertiary/aromatic N) is 2. The van der Waals surface area contributed by atoms with Gasteiger partial charge in [-0.3, -0.25) is 14.8 Å². The maximum atomic E-state index is 11.4. The van der Waals surface area contributed by atoms with E-state index >= 15 is 0 Å². The topological polar surface area (TPSA) is 72.9 Å². The van der Waals surface area contributed by atoms with Crippen LogP contribution >= 0.6 is 0 Å². The zero-order valence-electron chi connectivity index (χ0n) is 9.52. The first-order valence-electron chi connectivity index (χ1n) is 5.78. The van der Waals surface area contributed by atoms with E-state index in [0.717, 1.165) is 31.4 Å². The molecule has 1 aliphatic rings. The molecule has 1 heterocycles. The van der Waals surface area contributed by atoms with Crippen LogP contribution in [0.3, 0.4) is 0 Å². The van der Waals surface area contributed by atoms with Gasteiger partial charge < -0.3 is 5.73 Å². The summed E-state index contributed by atoms with van der Waals surface area (Å²) in [5.74, 6) is -0.331. The van der Waals surface area contributed by atoms with Crippen LogP contribution in [0.4, 0.5) is 0 Å². The molecule has 88 valence electrons. The Labute approximate surface area is 95.0 Å². The van der Waals surface area contributed by atoms with Crippen molar-refractivity contribution in [2.45, 2.75) is 44.8 Å². The van der Waals surface area contributed by atoms with Gasteiger partial charge in [0.15, 0.2) is 0 Å². The molecule has 5 heteroatoms. The molecule has 1 atom stereocenters. The quantitative estimate of drug-likeness (QED) is 0.739. The lowest BCUT2D eigenvalue weighted by Gasteiger charge is -2.12. The number of aromatic nitrogens is 2. The Morgan fingerprint density at radius 2 is 2.50 bits per heavy atom. The SMILES string of the molecule is CCCn1cc(C(NC2CC2)C(N)=O)cn1. The first kappa shape index (κ1) is 11.1. The molecule has 0 aliphatic heterocycles. The van der Waals surface area contributed by atoms with Gasteiger partial charge >= 0.3 is 0 Å². The number of hydrogen-bond donors (Lipinski definition) is 2. The van der Waals surface area contributed by atoms with E-state index in [0.29, 0.717) is 6.04 Å². The van der Waals surface area contributed by atoms with Crippen molar-refractivity contribution >= 4 is 5.91 Å². The van der Waals surface area contributed by atoms with E-state index in [1.807, 2.05) is 10.9 Å². The van der Waals surface area contributed by atoms with Crippen LogP contribution in [0.2, 0.25) is 0 Å². The molecular formula is C11H18N4O. The largest absolute Gasteiger partial charge is 0.368 e. The first-order chi connectivity index (χ1) is 7.70. The lowest BCUT2D eigenvalue weighted by atomic mass is 10.1. The minimum absolute atomic E-state index is 0.331. The summed E-state index contributed by atoms with van der Waals surface area (Å²) in [6, 6.07) is 0.0603. The maximum absolute atomic E-state index is 11.4. The molecule has 1 aliphatic carbocycles. The molecule has 1 unspecified atom stereocenters. The van der Waals surface area contributed by atoms with E-state index < -0.39 is 6.04 Å². The van der Waals surface area contributed by atoms with Crippen molar-refractivity contribution in [1.29, 1.82) is 0 Å². The van der Waals surface area contributed by atoms with Crippen LogP contribution in [0.1, 0.15) is 37.8 Å². The van der Waals surface area contributed by atoms with Gasteiger partial charge in [-0.05, 0) is 19.3 Å². The third-order valence-corrected chi connectivity index (χ3v) is 2.70. The summed E-state index contributed by atoms with van der Waals surface area (Å²) in [6.45, 7) is 2.96. The van der Waals surface area contributed by atoms with Crippen molar-refractivity contribution in [3.8, 4) is 0 Å². The van der Waals surface area contributed by atoms with Crippen molar-refractivity contribution < 1.29 is 4.79 Å². The Kier molecular flexibility index (Phi) is 3.24. The second-order valence-corrected chi connectivity index (χ2v) is 4.31. The van der Waals surface area contributed by atoms with Crippen LogP contribution < -0.4 is 11.1 Å². The van der Waals surface area contributed by atoms with Crippen LogP contribution in [-0.2, 0) is 11.3 Å². The van der Waals surface area contributed by atoms with Gasteiger partial charge in [0.05, 0.1) is 6.20 Å².